The number of aromatic nitrogens is 1. The molecule has 0 bridgehead atoms. The van der Waals surface area contributed by atoms with Crippen molar-refractivity contribution in [3.8, 4) is 22.8 Å². The van der Waals surface area contributed by atoms with E-state index in [1.54, 1.807) is 44.7 Å². The lowest BCUT2D eigenvalue weighted by atomic mass is 10.2. The molecule has 1 aromatic heterocycles. The minimum absolute atomic E-state index is 0.151. The number of hydrazone groups is 1. The number of rotatable bonds is 8. The van der Waals surface area contributed by atoms with Gasteiger partial charge in [-0.3, -0.25) is 5.43 Å². The molecule has 0 saturated carbocycles. The van der Waals surface area contributed by atoms with Crippen LogP contribution in [0.2, 0.25) is 0 Å². The number of hydrogen-bond acceptors (Lipinski definition) is 9. The van der Waals surface area contributed by atoms with E-state index >= 15 is 0 Å². The van der Waals surface area contributed by atoms with Gasteiger partial charge in [-0.1, -0.05) is 12.1 Å². The van der Waals surface area contributed by atoms with Crippen molar-refractivity contribution in [3.05, 3.63) is 53.4 Å². The van der Waals surface area contributed by atoms with Crippen LogP contribution in [0.5, 0.6) is 11.5 Å². The SMILES string of the molecule is COc1ccc(/C=N\Nc2nc(-c3cccc(S(=O)(=O)N4CC(C)OC(C)C4)c3)cs2)c(OC)c1. The van der Waals surface area contributed by atoms with E-state index in [-0.39, 0.29) is 17.1 Å². The van der Waals surface area contributed by atoms with Crippen molar-refractivity contribution >= 4 is 32.7 Å². The second-order valence-electron chi connectivity index (χ2n) is 8.12. The quantitative estimate of drug-likeness (QED) is 0.356. The molecule has 2 unspecified atom stereocenters. The second-order valence-corrected chi connectivity index (χ2v) is 10.9. The second kappa shape index (κ2) is 10.7. The molecule has 1 aliphatic heterocycles. The Morgan fingerprint density at radius 1 is 1.14 bits per heavy atom. The van der Waals surface area contributed by atoms with Crippen molar-refractivity contribution in [2.24, 2.45) is 5.10 Å². The highest BCUT2D eigenvalue weighted by Gasteiger charge is 2.32. The van der Waals surface area contributed by atoms with Crippen LogP contribution in [0.25, 0.3) is 11.3 Å². The highest BCUT2D eigenvalue weighted by Crippen LogP contribution is 2.29. The van der Waals surface area contributed by atoms with Crippen LogP contribution in [0.1, 0.15) is 19.4 Å². The van der Waals surface area contributed by atoms with E-state index in [2.05, 4.69) is 15.5 Å². The number of thiazole rings is 1. The summed E-state index contributed by atoms with van der Waals surface area (Å²) in [6.07, 6.45) is 1.33. The fourth-order valence-electron chi connectivity index (χ4n) is 3.83. The molecule has 3 aromatic rings. The van der Waals surface area contributed by atoms with Gasteiger partial charge in [-0.25, -0.2) is 13.4 Å². The summed E-state index contributed by atoms with van der Waals surface area (Å²) in [7, 11) is -0.459. The van der Waals surface area contributed by atoms with Gasteiger partial charge in [0.2, 0.25) is 15.2 Å². The van der Waals surface area contributed by atoms with E-state index in [0.717, 1.165) is 5.56 Å². The molecule has 2 atom stereocenters. The summed E-state index contributed by atoms with van der Waals surface area (Å²) in [4.78, 5) is 4.79. The first-order valence-corrected chi connectivity index (χ1v) is 13.3. The maximum atomic E-state index is 13.2. The molecule has 0 aliphatic carbocycles. The van der Waals surface area contributed by atoms with Crippen molar-refractivity contribution in [2.45, 2.75) is 31.0 Å². The molecule has 0 spiro atoms. The highest BCUT2D eigenvalue weighted by molar-refractivity contribution is 7.89. The third-order valence-corrected chi connectivity index (χ3v) is 8.04. The van der Waals surface area contributed by atoms with Crippen molar-refractivity contribution in [3.63, 3.8) is 0 Å². The molecule has 4 rings (SSSR count). The summed E-state index contributed by atoms with van der Waals surface area (Å²) in [5.41, 5.74) is 5.07. The summed E-state index contributed by atoms with van der Waals surface area (Å²) in [6, 6.07) is 12.3. The molecule has 0 radical (unpaired) electrons. The minimum atomic E-state index is -3.64. The highest BCUT2D eigenvalue weighted by atomic mass is 32.2. The summed E-state index contributed by atoms with van der Waals surface area (Å²) in [6.45, 7) is 4.43. The van der Waals surface area contributed by atoms with Gasteiger partial charge in [0, 0.05) is 35.7 Å². The zero-order valence-corrected chi connectivity index (χ0v) is 21.6. The zero-order chi connectivity index (χ0) is 25.0. The fraction of sp³-hybridized carbons (Fsp3) is 0.333. The number of nitrogens with one attached hydrogen (secondary N) is 1. The number of hydrogen-bond donors (Lipinski definition) is 1. The Hall–Kier alpha value is -2.99. The molecule has 0 amide bonds. The monoisotopic (exact) mass is 516 g/mol. The lowest BCUT2D eigenvalue weighted by Crippen LogP contribution is -2.48. The number of benzene rings is 2. The lowest BCUT2D eigenvalue weighted by Gasteiger charge is -2.34. The predicted molar refractivity (Wildman–Crippen MR) is 137 cm³/mol. The molecule has 11 heteroatoms. The smallest absolute Gasteiger partial charge is 0.243 e. The molecule has 2 aromatic carbocycles. The van der Waals surface area contributed by atoms with Gasteiger partial charge in [-0.15, -0.1) is 11.3 Å². The summed E-state index contributed by atoms with van der Waals surface area (Å²) < 4.78 is 44.2. The molecule has 35 heavy (non-hydrogen) atoms. The average molecular weight is 517 g/mol. The van der Waals surface area contributed by atoms with Crippen LogP contribution in [-0.2, 0) is 14.8 Å². The number of methoxy groups -OCH3 is 2. The number of ether oxygens (including phenoxy) is 3. The molecule has 2 heterocycles. The van der Waals surface area contributed by atoms with Gasteiger partial charge >= 0.3 is 0 Å². The van der Waals surface area contributed by atoms with E-state index in [9.17, 15) is 8.42 Å². The standard InChI is InChI=1S/C24H28N4O5S2/c1-16-13-28(14-17(2)33-16)35(29,30)21-7-5-6-18(10-21)22-15-34-24(26-22)27-25-12-19-8-9-20(31-3)11-23(19)32-4/h5-12,15-17H,13-14H2,1-4H3,(H,26,27)/b25-12-. The molecule has 1 aliphatic rings. The van der Waals surface area contributed by atoms with Crippen LogP contribution in [0.4, 0.5) is 5.13 Å². The molecular weight excluding hydrogens is 488 g/mol. The molecule has 1 fully saturated rings. The first-order valence-electron chi connectivity index (χ1n) is 11.0. The fourth-order valence-corrected chi connectivity index (χ4v) is 6.14. The number of nitrogens with zero attached hydrogens (tertiary/aromatic N) is 3. The first kappa shape index (κ1) is 25.1. The third-order valence-electron chi connectivity index (χ3n) is 5.46. The topological polar surface area (TPSA) is 102 Å². The third kappa shape index (κ3) is 5.81. The van der Waals surface area contributed by atoms with E-state index in [4.69, 9.17) is 14.2 Å². The van der Waals surface area contributed by atoms with Gasteiger partial charge in [-0.05, 0) is 38.1 Å². The molecule has 1 saturated heterocycles. The Morgan fingerprint density at radius 2 is 1.91 bits per heavy atom. The maximum absolute atomic E-state index is 13.2. The molecular formula is C24H28N4O5S2. The Morgan fingerprint density at radius 3 is 2.63 bits per heavy atom. The van der Waals surface area contributed by atoms with Gasteiger partial charge in [0.25, 0.3) is 0 Å². The van der Waals surface area contributed by atoms with Gasteiger partial charge < -0.3 is 14.2 Å². The predicted octanol–water partition coefficient (Wildman–Crippen LogP) is 4.07. The van der Waals surface area contributed by atoms with Crippen LogP contribution in [-0.4, -0.2) is 63.4 Å². The van der Waals surface area contributed by atoms with Crippen LogP contribution >= 0.6 is 11.3 Å². The Labute approximate surface area is 209 Å². The zero-order valence-electron chi connectivity index (χ0n) is 20.0. The number of sulfonamides is 1. The Kier molecular flexibility index (Phi) is 7.70. The largest absolute Gasteiger partial charge is 0.497 e. The minimum Gasteiger partial charge on any atom is -0.497 e. The van der Waals surface area contributed by atoms with Gasteiger partial charge in [-0.2, -0.15) is 9.41 Å². The Balaban J connectivity index is 1.48. The van der Waals surface area contributed by atoms with E-state index < -0.39 is 10.0 Å². The molecule has 186 valence electrons. The summed E-state index contributed by atoms with van der Waals surface area (Å²) >= 11 is 1.37. The van der Waals surface area contributed by atoms with Gasteiger partial charge in [0.05, 0.1) is 43.2 Å². The lowest BCUT2D eigenvalue weighted by molar-refractivity contribution is -0.0440. The van der Waals surface area contributed by atoms with Crippen molar-refractivity contribution in [2.75, 3.05) is 32.7 Å². The van der Waals surface area contributed by atoms with Crippen molar-refractivity contribution in [1.82, 2.24) is 9.29 Å². The van der Waals surface area contributed by atoms with E-state index in [0.29, 0.717) is 41.0 Å². The average Bonchev–Trinajstić information content (AvgIpc) is 3.32. The number of morpholine rings is 1. The van der Waals surface area contributed by atoms with Crippen LogP contribution in [0.3, 0.4) is 0 Å². The Bertz CT molecular complexity index is 1300. The van der Waals surface area contributed by atoms with Crippen LogP contribution in [0.15, 0.2) is 57.8 Å². The normalized spacial score (nSPS) is 19.1. The summed E-state index contributed by atoms with van der Waals surface area (Å²) in [5, 5.41) is 6.69. The van der Waals surface area contributed by atoms with Crippen LogP contribution < -0.4 is 14.9 Å². The van der Waals surface area contributed by atoms with Gasteiger partial charge in [0.1, 0.15) is 11.5 Å². The van der Waals surface area contributed by atoms with Crippen LogP contribution in [0, 0.1) is 0 Å². The molecule has 1 N–H and O–H groups in total. The molecule has 9 nitrogen and oxygen atoms in total. The van der Waals surface area contributed by atoms with Gasteiger partial charge in [0.15, 0.2) is 0 Å². The van der Waals surface area contributed by atoms with E-state index in [1.807, 2.05) is 37.4 Å². The van der Waals surface area contributed by atoms with Crippen molar-refractivity contribution < 1.29 is 22.6 Å². The first-order chi connectivity index (χ1) is 16.8. The van der Waals surface area contributed by atoms with E-state index in [1.165, 1.54) is 15.6 Å². The number of anilines is 1. The van der Waals surface area contributed by atoms with Crippen molar-refractivity contribution in [1.29, 1.82) is 0 Å². The summed E-state index contributed by atoms with van der Waals surface area (Å²) in [5.74, 6) is 1.33. The maximum Gasteiger partial charge on any atom is 0.243 e.